The molecule has 9 heteroatoms. The summed E-state index contributed by atoms with van der Waals surface area (Å²) in [5, 5.41) is 18.6. The van der Waals surface area contributed by atoms with E-state index in [4.69, 9.17) is 9.84 Å². The number of nitrogens with zero attached hydrogens (tertiary/aromatic N) is 2. The standard InChI is InChI=1S/C18H14FN3O4S/c19-12-3-7-14(8-4-12)26-13-5-1-11(2-6-13)10-20-22-18-21-17(25)15(27-18)9-16(23)24/h1-8,10,15H,9H2,(H,23,24)(H,21,22,25). The fourth-order valence-corrected chi connectivity index (χ4v) is 3.07. The molecule has 2 aromatic carbocycles. The van der Waals surface area contributed by atoms with Gasteiger partial charge in [0.1, 0.15) is 22.6 Å². The van der Waals surface area contributed by atoms with E-state index in [9.17, 15) is 14.0 Å². The first-order chi connectivity index (χ1) is 13.0. The number of carbonyl (C=O) groups excluding carboxylic acids is 1. The Kier molecular flexibility index (Phi) is 5.82. The molecular weight excluding hydrogens is 373 g/mol. The van der Waals surface area contributed by atoms with E-state index in [1.165, 1.54) is 30.5 Å². The van der Waals surface area contributed by atoms with E-state index in [-0.39, 0.29) is 17.4 Å². The molecule has 1 amide bonds. The van der Waals surface area contributed by atoms with Gasteiger partial charge < -0.3 is 15.2 Å². The number of ether oxygens (including phenoxy) is 1. The van der Waals surface area contributed by atoms with Gasteiger partial charge in [-0.3, -0.25) is 9.59 Å². The number of amides is 1. The maximum atomic E-state index is 12.9. The highest BCUT2D eigenvalue weighted by atomic mass is 32.2. The second-order valence-corrected chi connectivity index (χ2v) is 6.66. The zero-order valence-corrected chi connectivity index (χ0v) is 14.6. The van der Waals surface area contributed by atoms with Gasteiger partial charge in [0.05, 0.1) is 12.6 Å². The van der Waals surface area contributed by atoms with Gasteiger partial charge in [-0.1, -0.05) is 11.8 Å². The summed E-state index contributed by atoms with van der Waals surface area (Å²) in [5.41, 5.74) is 0.752. The monoisotopic (exact) mass is 387 g/mol. The van der Waals surface area contributed by atoms with Crippen molar-refractivity contribution in [3.05, 3.63) is 59.9 Å². The number of halogens is 1. The number of carboxylic acid groups (broad SMARTS) is 1. The maximum absolute atomic E-state index is 12.9. The Hall–Kier alpha value is -3.20. The smallest absolute Gasteiger partial charge is 0.305 e. The molecular formula is C18H14FN3O4S. The third-order valence-corrected chi connectivity index (χ3v) is 4.49. The van der Waals surface area contributed by atoms with Gasteiger partial charge >= 0.3 is 5.97 Å². The lowest BCUT2D eigenvalue weighted by molar-refractivity contribution is -0.138. The number of amidine groups is 1. The maximum Gasteiger partial charge on any atom is 0.305 e. The van der Waals surface area contributed by atoms with Crippen molar-refractivity contribution in [3.63, 3.8) is 0 Å². The Balaban J connectivity index is 1.57. The predicted octanol–water partition coefficient (Wildman–Crippen LogP) is 3.01. The van der Waals surface area contributed by atoms with Crippen molar-refractivity contribution in [2.45, 2.75) is 11.7 Å². The summed E-state index contributed by atoms with van der Waals surface area (Å²) in [6.07, 6.45) is 1.22. The van der Waals surface area contributed by atoms with Crippen LogP contribution in [-0.2, 0) is 9.59 Å². The first-order valence-corrected chi connectivity index (χ1v) is 8.71. The Morgan fingerprint density at radius 1 is 1.19 bits per heavy atom. The van der Waals surface area contributed by atoms with Crippen molar-refractivity contribution in [1.29, 1.82) is 0 Å². The van der Waals surface area contributed by atoms with Crippen LogP contribution in [0.4, 0.5) is 4.39 Å². The Morgan fingerprint density at radius 2 is 1.81 bits per heavy atom. The van der Waals surface area contributed by atoms with Gasteiger partial charge in [0.15, 0.2) is 5.17 Å². The number of benzene rings is 2. The van der Waals surface area contributed by atoms with Crippen molar-refractivity contribution in [1.82, 2.24) is 5.32 Å². The summed E-state index contributed by atoms with van der Waals surface area (Å²) in [6.45, 7) is 0. The van der Waals surface area contributed by atoms with Crippen molar-refractivity contribution in [2.75, 3.05) is 0 Å². The molecule has 1 heterocycles. The first kappa shape index (κ1) is 18.6. The SMILES string of the molecule is O=C(O)CC1SC(=NN=Cc2ccc(Oc3ccc(F)cc3)cc2)NC1=O. The number of hydrogen-bond donors (Lipinski definition) is 2. The summed E-state index contributed by atoms with van der Waals surface area (Å²) in [7, 11) is 0. The van der Waals surface area contributed by atoms with Gasteiger partial charge in [-0.2, -0.15) is 5.10 Å². The highest BCUT2D eigenvalue weighted by Crippen LogP contribution is 2.23. The number of rotatable bonds is 6. The van der Waals surface area contributed by atoms with E-state index in [0.29, 0.717) is 11.5 Å². The second kappa shape index (κ2) is 8.45. The number of nitrogens with one attached hydrogen (secondary N) is 1. The van der Waals surface area contributed by atoms with Gasteiger partial charge in [-0.15, -0.1) is 5.10 Å². The fourth-order valence-electron chi connectivity index (χ4n) is 2.15. The summed E-state index contributed by atoms with van der Waals surface area (Å²) in [6, 6.07) is 12.7. The summed E-state index contributed by atoms with van der Waals surface area (Å²) >= 11 is 1.03. The normalized spacial score (nSPS) is 18.0. The van der Waals surface area contributed by atoms with Crippen LogP contribution in [0.5, 0.6) is 11.5 Å². The Labute approximate surface area is 158 Å². The number of carboxylic acids is 1. The number of thioether (sulfide) groups is 1. The molecule has 1 atom stereocenters. The van der Waals surface area contributed by atoms with E-state index >= 15 is 0 Å². The molecule has 3 rings (SSSR count). The van der Waals surface area contributed by atoms with Crippen LogP contribution in [0.1, 0.15) is 12.0 Å². The van der Waals surface area contributed by atoms with E-state index in [2.05, 4.69) is 15.5 Å². The second-order valence-electron chi connectivity index (χ2n) is 5.47. The van der Waals surface area contributed by atoms with Crippen LogP contribution in [-0.4, -0.2) is 33.6 Å². The van der Waals surface area contributed by atoms with Crippen molar-refractivity contribution < 1.29 is 23.8 Å². The third-order valence-electron chi connectivity index (χ3n) is 3.42. The highest BCUT2D eigenvalue weighted by Gasteiger charge is 2.32. The molecule has 0 aliphatic carbocycles. The van der Waals surface area contributed by atoms with Crippen LogP contribution < -0.4 is 10.1 Å². The lowest BCUT2D eigenvalue weighted by Gasteiger charge is -2.05. The summed E-state index contributed by atoms with van der Waals surface area (Å²) < 4.78 is 18.5. The molecule has 0 radical (unpaired) electrons. The lowest BCUT2D eigenvalue weighted by Crippen LogP contribution is -2.26. The zero-order chi connectivity index (χ0) is 19.2. The van der Waals surface area contributed by atoms with Gasteiger partial charge in [0.2, 0.25) is 5.91 Å². The van der Waals surface area contributed by atoms with Gasteiger partial charge in [0.25, 0.3) is 0 Å². The van der Waals surface area contributed by atoms with Gasteiger partial charge in [-0.05, 0) is 54.1 Å². The molecule has 1 aliphatic rings. The molecule has 1 aliphatic heterocycles. The Morgan fingerprint density at radius 3 is 2.44 bits per heavy atom. The molecule has 7 nitrogen and oxygen atoms in total. The molecule has 0 bridgehead atoms. The van der Waals surface area contributed by atoms with E-state index in [1.807, 2.05) is 0 Å². The molecule has 1 saturated heterocycles. The predicted molar refractivity (Wildman–Crippen MR) is 99.7 cm³/mol. The van der Waals surface area contributed by atoms with Crippen LogP contribution in [0.25, 0.3) is 0 Å². The van der Waals surface area contributed by atoms with E-state index < -0.39 is 17.1 Å². The average molecular weight is 387 g/mol. The molecule has 27 heavy (non-hydrogen) atoms. The average Bonchev–Trinajstić information content (AvgIpc) is 2.97. The van der Waals surface area contributed by atoms with Crippen LogP contribution in [0.2, 0.25) is 0 Å². The van der Waals surface area contributed by atoms with Crippen molar-refractivity contribution in [3.8, 4) is 11.5 Å². The number of hydrogen-bond acceptors (Lipinski definition) is 6. The zero-order valence-electron chi connectivity index (χ0n) is 13.8. The number of aliphatic carboxylic acids is 1. The molecule has 2 aromatic rings. The van der Waals surface area contributed by atoms with Crippen LogP contribution in [0.15, 0.2) is 58.7 Å². The minimum absolute atomic E-state index is 0.263. The molecule has 0 spiro atoms. The molecule has 138 valence electrons. The van der Waals surface area contributed by atoms with Gasteiger partial charge in [-0.25, -0.2) is 4.39 Å². The largest absolute Gasteiger partial charge is 0.481 e. The highest BCUT2D eigenvalue weighted by molar-refractivity contribution is 8.15. The summed E-state index contributed by atoms with van der Waals surface area (Å²) in [4.78, 5) is 22.3. The third kappa shape index (κ3) is 5.38. The Bertz CT molecular complexity index is 898. The van der Waals surface area contributed by atoms with E-state index in [0.717, 1.165) is 17.3 Å². The van der Waals surface area contributed by atoms with Crippen molar-refractivity contribution >= 4 is 35.0 Å². The quantitative estimate of drug-likeness (QED) is 0.586. The van der Waals surface area contributed by atoms with Gasteiger partial charge in [0, 0.05) is 0 Å². The minimum atomic E-state index is -1.05. The van der Waals surface area contributed by atoms with E-state index in [1.54, 1.807) is 24.3 Å². The molecule has 1 unspecified atom stereocenters. The lowest BCUT2D eigenvalue weighted by atomic mass is 10.2. The molecule has 2 N–H and O–H groups in total. The molecule has 0 saturated carbocycles. The topological polar surface area (TPSA) is 100 Å². The number of carbonyl (C=O) groups is 2. The molecule has 0 aromatic heterocycles. The molecule has 1 fully saturated rings. The van der Waals surface area contributed by atoms with Crippen LogP contribution in [0, 0.1) is 5.82 Å². The fraction of sp³-hybridized carbons (Fsp3) is 0.111. The summed E-state index contributed by atoms with van der Waals surface area (Å²) in [5.74, 6) is -0.662. The minimum Gasteiger partial charge on any atom is -0.481 e. The van der Waals surface area contributed by atoms with Crippen molar-refractivity contribution in [2.24, 2.45) is 10.2 Å². The van der Waals surface area contributed by atoms with Crippen LogP contribution in [0.3, 0.4) is 0 Å². The van der Waals surface area contributed by atoms with Crippen LogP contribution >= 0.6 is 11.8 Å². The first-order valence-electron chi connectivity index (χ1n) is 7.83.